The molecule has 1 aromatic heterocycles. The largest absolute Gasteiger partial charge is 0.355 e. The van der Waals surface area contributed by atoms with Crippen LogP contribution in [0.4, 0.5) is 5.82 Å². The summed E-state index contributed by atoms with van der Waals surface area (Å²) in [4.78, 5) is 12.7. The number of unbranched alkanes of at least 4 members (excludes halogenated alkanes) is 1. The van der Waals surface area contributed by atoms with E-state index in [-0.39, 0.29) is 5.75 Å². The first-order chi connectivity index (χ1) is 13.0. The second kappa shape index (κ2) is 10.5. The van der Waals surface area contributed by atoms with Crippen LogP contribution in [0.2, 0.25) is 0 Å². The van der Waals surface area contributed by atoms with Gasteiger partial charge in [0.25, 0.3) is 0 Å². The minimum Gasteiger partial charge on any atom is -0.355 e. The summed E-state index contributed by atoms with van der Waals surface area (Å²) in [6, 6.07) is 5.78. The van der Waals surface area contributed by atoms with Gasteiger partial charge in [0, 0.05) is 59.6 Å². The highest BCUT2D eigenvalue weighted by Gasteiger charge is 2.27. The zero-order valence-corrected chi connectivity index (χ0v) is 17.5. The molecular weight excluding hydrogens is 364 g/mol. The maximum absolute atomic E-state index is 12.6. The van der Waals surface area contributed by atoms with Crippen LogP contribution in [0.1, 0.15) is 19.8 Å². The van der Waals surface area contributed by atoms with Gasteiger partial charge >= 0.3 is 0 Å². The Hall–Kier alpha value is -1.87. The second-order valence-corrected chi connectivity index (χ2v) is 8.73. The molecule has 27 heavy (non-hydrogen) atoms. The summed E-state index contributed by atoms with van der Waals surface area (Å²) in [5.74, 6) is 1.70. The number of nitrogens with one attached hydrogen (secondary N) is 1. The van der Waals surface area contributed by atoms with Gasteiger partial charge in [-0.15, -0.1) is 0 Å². The van der Waals surface area contributed by atoms with Crippen molar-refractivity contribution in [1.82, 2.24) is 19.5 Å². The lowest BCUT2D eigenvalue weighted by Gasteiger charge is -2.34. The predicted octanol–water partition coefficient (Wildman–Crippen LogP) is 0.841. The van der Waals surface area contributed by atoms with E-state index in [0.717, 1.165) is 31.2 Å². The van der Waals surface area contributed by atoms with Crippen molar-refractivity contribution < 1.29 is 8.42 Å². The SMILES string of the molecule is CCCCN(C)C(=NC)NCCS(=O)(=O)N1CCN(c2ccccn2)CC1. The third kappa shape index (κ3) is 6.35. The quantitative estimate of drug-likeness (QED) is 0.518. The third-order valence-corrected chi connectivity index (χ3v) is 6.54. The van der Waals surface area contributed by atoms with E-state index < -0.39 is 10.0 Å². The van der Waals surface area contributed by atoms with Gasteiger partial charge in [0.2, 0.25) is 10.0 Å². The Morgan fingerprint density at radius 1 is 1.30 bits per heavy atom. The fraction of sp³-hybridized carbons (Fsp3) is 0.667. The lowest BCUT2D eigenvalue weighted by Crippen LogP contribution is -2.50. The van der Waals surface area contributed by atoms with Gasteiger partial charge in [0.15, 0.2) is 5.96 Å². The topological polar surface area (TPSA) is 81.1 Å². The van der Waals surface area contributed by atoms with E-state index in [1.807, 2.05) is 30.1 Å². The predicted molar refractivity (Wildman–Crippen MR) is 111 cm³/mol. The van der Waals surface area contributed by atoms with Crippen molar-refractivity contribution in [2.45, 2.75) is 19.8 Å². The normalized spacial score (nSPS) is 16.4. The number of guanidine groups is 1. The minimum absolute atomic E-state index is 0.0667. The molecule has 0 spiro atoms. The highest BCUT2D eigenvalue weighted by molar-refractivity contribution is 7.89. The molecule has 0 radical (unpaired) electrons. The van der Waals surface area contributed by atoms with Crippen molar-refractivity contribution in [3.8, 4) is 0 Å². The van der Waals surface area contributed by atoms with Gasteiger partial charge in [-0.3, -0.25) is 4.99 Å². The smallest absolute Gasteiger partial charge is 0.215 e. The summed E-state index contributed by atoms with van der Waals surface area (Å²) >= 11 is 0. The summed E-state index contributed by atoms with van der Waals surface area (Å²) in [5.41, 5.74) is 0. The maximum Gasteiger partial charge on any atom is 0.215 e. The van der Waals surface area contributed by atoms with E-state index in [2.05, 4.69) is 27.1 Å². The van der Waals surface area contributed by atoms with Crippen molar-refractivity contribution >= 4 is 21.8 Å². The van der Waals surface area contributed by atoms with Gasteiger partial charge in [0.05, 0.1) is 5.75 Å². The van der Waals surface area contributed by atoms with Crippen molar-refractivity contribution in [1.29, 1.82) is 0 Å². The van der Waals surface area contributed by atoms with Crippen LogP contribution in [0.25, 0.3) is 0 Å². The molecule has 1 fully saturated rings. The summed E-state index contributed by atoms with van der Waals surface area (Å²) in [5, 5.41) is 3.16. The van der Waals surface area contributed by atoms with Crippen molar-refractivity contribution in [2.75, 3.05) is 64.0 Å². The first-order valence-electron chi connectivity index (χ1n) is 9.53. The van der Waals surface area contributed by atoms with Crippen molar-refractivity contribution in [3.63, 3.8) is 0 Å². The van der Waals surface area contributed by atoms with E-state index >= 15 is 0 Å². The Morgan fingerprint density at radius 2 is 2.04 bits per heavy atom. The van der Waals surface area contributed by atoms with E-state index in [1.165, 1.54) is 0 Å². The number of aromatic nitrogens is 1. The zero-order chi connectivity index (χ0) is 19.7. The molecular formula is C18H32N6O2S. The molecule has 9 heteroatoms. The molecule has 0 aliphatic carbocycles. The van der Waals surface area contributed by atoms with E-state index in [4.69, 9.17) is 0 Å². The molecule has 0 amide bonds. The molecule has 0 atom stereocenters. The molecule has 0 aromatic carbocycles. The Bertz CT molecular complexity index is 687. The molecule has 8 nitrogen and oxygen atoms in total. The lowest BCUT2D eigenvalue weighted by molar-refractivity contribution is 0.383. The molecule has 0 saturated carbocycles. The highest BCUT2D eigenvalue weighted by Crippen LogP contribution is 2.14. The first kappa shape index (κ1) is 21.4. The molecule has 2 rings (SSSR count). The van der Waals surface area contributed by atoms with Crippen molar-refractivity contribution in [2.24, 2.45) is 4.99 Å². The van der Waals surface area contributed by atoms with Gasteiger partial charge in [-0.1, -0.05) is 19.4 Å². The van der Waals surface area contributed by atoms with Gasteiger partial charge in [-0.2, -0.15) is 4.31 Å². The summed E-state index contributed by atoms with van der Waals surface area (Å²) in [7, 11) is 0.402. The number of hydrogen-bond donors (Lipinski definition) is 1. The Balaban J connectivity index is 1.80. The maximum atomic E-state index is 12.6. The zero-order valence-electron chi connectivity index (χ0n) is 16.6. The van der Waals surface area contributed by atoms with E-state index in [0.29, 0.717) is 32.7 Å². The number of hydrogen-bond acceptors (Lipinski definition) is 5. The van der Waals surface area contributed by atoms with Crippen LogP contribution in [0.5, 0.6) is 0 Å². The average molecular weight is 397 g/mol. The van der Waals surface area contributed by atoms with Gasteiger partial charge in [-0.25, -0.2) is 13.4 Å². The number of aliphatic imine (C=N–C) groups is 1. The van der Waals surface area contributed by atoms with E-state index in [1.54, 1.807) is 17.5 Å². The third-order valence-electron chi connectivity index (χ3n) is 4.67. The summed E-state index contributed by atoms with van der Waals surface area (Å²) in [6.07, 6.45) is 3.95. The van der Waals surface area contributed by atoms with Crippen LogP contribution >= 0.6 is 0 Å². The molecule has 0 bridgehead atoms. The monoisotopic (exact) mass is 396 g/mol. The number of anilines is 1. The van der Waals surface area contributed by atoms with Crippen LogP contribution < -0.4 is 10.2 Å². The number of rotatable bonds is 8. The molecule has 1 N–H and O–H groups in total. The van der Waals surface area contributed by atoms with Crippen LogP contribution in [-0.2, 0) is 10.0 Å². The van der Waals surface area contributed by atoms with Crippen LogP contribution in [0.3, 0.4) is 0 Å². The van der Waals surface area contributed by atoms with Gasteiger partial charge in [0.1, 0.15) is 5.82 Å². The van der Waals surface area contributed by atoms with Crippen LogP contribution in [0, 0.1) is 0 Å². The Kier molecular flexibility index (Phi) is 8.30. The fourth-order valence-electron chi connectivity index (χ4n) is 3.04. The molecule has 1 aromatic rings. The minimum atomic E-state index is -3.29. The average Bonchev–Trinajstić information content (AvgIpc) is 2.70. The molecule has 1 saturated heterocycles. The fourth-order valence-corrected chi connectivity index (χ4v) is 4.38. The lowest BCUT2D eigenvalue weighted by atomic mass is 10.3. The molecule has 0 unspecified atom stereocenters. The first-order valence-corrected chi connectivity index (χ1v) is 11.1. The summed E-state index contributed by atoms with van der Waals surface area (Å²) < 4.78 is 26.9. The second-order valence-electron chi connectivity index (χ2n) is 6.64. The highest BCUT2D eigenvalue weighted by atomic mass is 32.2. The number of sulfonamides is 1. The Morgan fingerprint density at radius 3 is 2.63 bits per heavy atom. The molecule has 2 heterocycles. The number of nitrogens with zero attached hydrogens (tertiary/aromatic N) is 5. The molecule has 152 valence electrons. The van der Waals surface area contributed by atoms with Crippen molar-refractivity contribution in [3.05, 3.63) is 24.4 Å². The van der Waals surface area contributed by atoms with Gasteiger partial charge in [-0.05, 0) is 18.6 Å². The summed E-state index contributed by atoms with van der Waals surface area (Å²) in [6.45, 7) is 5.69. The number of piperazine rings is 1. The molecule has 1 aliphatic heterocycles. The number of pyridine rings is 1. The van der Waals surface area contributed by atoms with Crippen LogP contribution in [-0.4, -0.2) is 87.7 Å². The van der Waals surface area contributed by atoms with E-state index in [9.17, 15) is 8.42 Å². The van der Waals surface area contributed by atoms with Gasteiger partial charge < -0.3 is 15.1 Å². The Labute approximate surface area is 163 Å². The standard InChI is InChI=1S/C18H32N6O2S/c1-4-5-11-22(3)18(19-2)21-10-16-27(25,26)24-14-12-23(13-15-24)17-8-6-7-9-20-17/h6-9H,4-5,10-16H2,1-3H3,(H,19,21). The van der Waals surface area contributed by atoms with Crippen LogP contribution in [0.15, 0.2) is 29.4 Å². The molecule has 1 aliphatic rings.